The molecule has 1 saturated heterocycles. The van der Waals surface area contributed by atoms with Crippen molar-refractivity contribution >= 4 is 11.9 Å². The summed E-state index contributed by atoms with van der Waals surface area (Å²) in [7, 11) is 1.32. The van der Waals surface area contributed by atoms with E-state index in [0.717, 1.165) is 32.5 Å². The summed E-state index contributed by atoms with van der Waals surface area (Å²) in [4.78, 5) is 27.1. The third-order valence-corrected chi connectivity index (χ3v) is 5.30. The highest BCUT2D eigenvalue weighted by molar-refractivity contribution is 6.00. The predicted octanol–water partition coefficient (Wildman–Crippen LogP) is 0.503. The molecule has 1 spiro atoms. The minimum Gasteiger partial charge on any atom is -0.465 e. The van der Waals surface area contributed by atoms with E-state index < -0.39 is 11.5 Å². The molecular weight excluding hydrogens is 336 g/mol. The normalized spacial score (nSPS) is 18.6. The van der Waals surface area contributed by atoms with Crippen molar-refractivity contribution in [3.05, 3.63) is 35.2 Å². The summed E-state index contributed by atoms with van der Waals surface area (Å²) in [6.45, 7) is 4.80. The largest absolute Gasteiger partial charge is 0.465 e. The van der Waals surface area contributed by atoms with Crippen LogP contribution in [-0.4, -0.2) is 63.7 Å². The molecule has 2 aliphatic heterocycles. The molecule has 1 N–H and O–H groups in total. The molecule has 1 aromatic heterocycles. The number of hydrogen-bond acceptors (Lipinski definition) is 7. The molecule has 2 aromatic rings. The summed E-state index contributed by atoms with van der Waals surface area (Å²) >= 11 is 0. The van der Waals surface area contributed by atoms with Crippen LogP contribution in [0.15, 0.2) is 18.2 Å². The zero-order valence-electron chi connectivity index (χ0n) is 14.7. The van der Waals surface area contributed by atoms with E-state index in [9.17, 15) is 9.59 Å². The number of fused-ring (bicyclic) bond motifs is 4. The maximum atomic E-state index is 12.9. The Morgan fingerprint density at radius 3 is 2.81 bits per heavy atom. The molecule has 2 aliphatic rings. The number of methoxy groups -OCH3 is 1. The van der Waals surface area contributed by atoms with Crippen molar-refractivity contribution in [2.45, 2.75) is 25.3 Å². The molecule has 1 aromatic carbocycles. The van der Waals surface area contributed by atoms with Crippen LogP contribution in [0.1, 0.15) is 46.3 Å². The number of benzene rings is 1. The molecule has 3 heterocycles. The van der Waals surface area contributed by atoms with Gasteiger partial charge in [-0.1, -0.05) is 6.92 Å². The third-order valence-electron chi connectivity index (χ3n) is 5.30. The first-order valence-corrected chi connectivity index (χ1v) is 8.64. The highest BCUT2D eigenvalue weighted by Gasteiger charge is 2.44. The average molecular weight is 356 g/mol. The summed E-state index contributed by atoms with van der Waals surface area (Å²) in [6.07, 6.45) is 1.45. The lowest BCUT2D eigenvalue weighted by Gasteiger charge is -2.40. The highest BCUT2D eigenvalue weighted by Crippen LogP contribution is 2.35. The molecule has 0 radical (unpaired) electrons. The van der Waals surface area contributed by atoms with Crippen LogP contribution in [0.25, 0.3) is 5.69 Å². The standard InChI is InChI=1S/C17H20N6O3/c1-3-22-8-6-17(7-9-22)16-19-20-21-23(16)13-10-11(15(25)26-2)4-5-12(13)14(24)18-17/h4-5,10H,3,6-9H2,1-2H3,(H,18,24). The molecule has 9 heteroatoms. The van der Waals surface area contributed by atoms with Gasteiger partial charge in [0.05, 0.1) is 23.9 Å². The molecule has 136 valence electrons. The van der Waals surface area contributed by atoms with Crippen LogP contribution in [0.3, 0.4) is 0 Å². The van der Waals surface area contributed by atoms with Gasteiger partial charge in [0.25, 0.3) is 5.91 Å². The number of tetrazole rings is 1. The lowest BCUT2D eigenvalue weighted by atomic mass is 9.86. The van der Waals surface area contributed by atoms with Crippen LogP contribution in [0, 0.1) is 0 Å². The Morgan fingerprint density at radius 2 is 2.12 bits per heavy atom. The highest BCUT2D eigenvalue weighted by atomic mass is 16.5. The second-order valence-electron chi connectivity index (χ2n) is 6.61. The van der Waals surface area contributed by atoms with Crippen LogP contribution < -0.4 is 5.32 Å². The SMILES string of the molecule is CCN1CCC2(CC1)NC(=O)c1ccc(C(=O)OC)cc1-n1nnnc12. The predicted molar refractivity (Wildman–Crippen MR) is 91.0 cm³/mol. The van der Waals surface area contributed by atoms with E-state index in [4.69, 9.17) is 4.74 Å². The van der Waals surface area contributed by atoms with Gasteiger partial charge in [0.2, 0.25) is 0 Å². The molecule has 1 fully saturated rings. The second-order valence-corrected chi connectivity index (χ2v) is 6.61. The monoisotopic (exact) mass is 356 g/mol. The van der Waals surface area contributed by atoms with Crippen LogP contribution >= 0.6 is 0 Å². The Labute approximate surface area is 150 Å². The van der Waals surface area contributed by atoms with Gasteiger partial charge in [-0.3, -0.25) is 4.79 Å². The van der Waals surface area contributed by atoms with Crippen molar-refractivity contribution in [3.63, 3.8) is 0 Å². The summed E-state index contributed by atoms with van der Waals surface area (Å²) in [5.41, 5.74) is 0.648. The van der Waals surface area contributed by atoms with E-state index in [0.29, 0.717) is 22.6 Å². The summed E-state index contributed by atoms with van der Waals surface area (Å²) in [5, 5.41) is 15.3. The van der Waals surface area contributed by atoms with Gasteiger partial charge in [-0.2, -0.15) is 4.68 Å². The van der Waals surface area contributed by atoms with Gasteiger partial charge in [-0.25, -0.2) is 4.79 Å². The van der Waals surface area contributed by atoms with Crippen LogP contribution in [0.2, 0.25) is 0 Å². The van der Waals surface area contributed by atoms with Gasteiger partial charge in [0.1, 0.15) is 5.54 Å². The topological polar surface area (TPSA) is 102 Å². The summed E-state index contributed by atoms with van der Waals surface area (Å²) < 4.78 is 6.35. The number of esters is 1. The van der Waals surface area contributed by atoms with Crippen molar-refractivity contribution in [1.82, 2.24) is 30.4 Å². The maximum absolute atomic E-state index is 12.9. The van der Waals surface area contributed by atoms with E-state index >= 15 is 0 Å². The van der Waals surface area contributed by atoms with Crippen molar-refractivity contribution in [1.29, 1.82) is 0 Å². The first-order valence-electron chi connectivity index (χ1n) is 8.64. The summed E-state index contributed by atoms with van der Waals surface area (Å²) in [5.74, 6) is -0.0749. The Kier molecular flexibility index (Phi) is 3.95. The van der Waals surface area contributed by atoms with E-state index in [-0.39, 0.29) is 5.91 Å². The first-order chi connectivity index (χ1) is 12.6. The maximum Gasteiger partial charge on any atom is 0.337 e. The smallest absolute Gasteiger partial charge is 0.337 e. The number of nitrogens with one attached hydrogen (secondary N) is 1. The minimum absolute atomic E-state index is 0.200. The van der Waals surface area contributed by atoms with E-state index in [1.54, 1.807) is 22.9 Å². The van der Waals surface area contributed by atoms with Crippen molar-refractivity contribution in [3.8, 4) is 5.69 Å². The fourth-order valence-electron chi connectivity index (χ4n) is 3.73. The average Bonchev–Trinajstić information content (AvgIpc) is 3.15. The quantitative estimate of drug-likeness (QED) is 0.782. The van der Waals surface area contributed by atoms with Crippen LogP contribution in [0.4, 0.5) is 0 Å². The molecule has 4 rings (SSSR count). The first kappa shape index (κ1) is 16.6. The molecule has 0 unspecified atom stereocenters. The third kappa shape index (κ3) is 2.47. The molecular formula is C17H20N6O3. The van der Waals surface area contributed by atoms with Gasteiger partial charge < -0.3 is 15.0 Å². The van der Waals surface area contributed by atoms with Crippen molar-refractivity contribution < 1.29 is 14.3 Å². The number of ether oxygens (including phenoxy) is 1. The Bertz CT molecular complexity index is 869. The number of hydrogen-bond donors (Lipinski definition) is 1. The molecule has 0 bridgehead atoms. The summed E-state index contributed by atoms with van der Waals surface area (Å²) in [6, 6.07) is 4.79. The molecule has 0 atom stereocenters. The van der Waals surface area contributed by atoms with E-state index in [1.807, 2.05) is 0 Å². The van der Waals surface area contributed by atoms with Crippen molar-refractivity contribution in [2.75, 3.05) is 26.7 Å². The lowest BCUT2D eigenvalue weighted by molar-refractivity contribution is 0.0600. The number of carbonyl (C=O) groups is 2. The van der Waals surface area contributed by atoms with E-state index in [1.165, 1.54) is 7.11 Å². The molecule has 0 aliphatic carbocycles. The Balaban J connectivity index is 1.83. The molecule has 0 saturated carbocycles. The zero-order chi connectivity index (χ0) is 18.3. The number of aromatic nitrogens is 4. The Morgan fingerprint density at radius 1 is 1.35 bits per heavy atom. The molecule has 26 heavy (non-hydrogen) atoms. The van der Waals surface area contributed by atoms with Gasteiger partial charge in [0, 0.05) is 13.1 Å². The molecule has 9 nitrogen and oxygen atoms in total. The molecule has 1 amide bonds. The van der Waals surface area contributed by atoms with Gasteiger partial charge in [0.15, 0.2) is 5.82 Å². The number of likely N-dealkylation sites (tertiary alicyclic amines) is 1. The minimum atomic E-state index is -0.614. The fourth-order valence-corrected chi connectivity index (χ4v) is 3.73. The number of amides is 1. The van der Waals surface area contributed by atoms with Crippen LogP contribution in [-0.2, 0) is 10.3 Å². The lowest BCUT2D eigenvalue weighted by Crippen LogP contribution is -2.53. The van der Waals surface area contributed by atoms with Crippen LogP contribution in [0.5, 0.6) is 0 Å². The zero-order valence-corrected chi connectivity index (χ0v) is 14.7. The second kappa shape index (κ2) is 6.17. The Hall–Kier alpha value is -2.81. The number of piperidine rings is 1. The number of nitrogens with zero attached hydrogens (tertiary/aromatic N) is 5. The van der Waals surface area contributed by atoms with Crippen molar-refractivity contribution in [2.24, 2.45) is 0 Å². The number of rotatable bonds is 2. The van der Waals surface area contributed by atoms with Gasteiger partial charge >= 0.3 is 5.97 Å². The number of carbonyl (C=O) groups excluding carboxylic acids is 2. The van der Waals surface area contributed by atoms with Gasteiger partial charge in [-0.05, 0) is 48.0 Å². The van der Waals surface area contributed by atoms with Gasteiger partial charge in [-0.15, -0.1) is 5.10 Å². The van der Waals surface area contributed by atoms with E-state index in [2.05, 4.69) is 32.7 Å². The fraction of sp³-hybridized carbons (Fsp3) is 0.471.